The summed E-state index contributed by atoms with van der Waals surface area (Å²) in [5, 5.41) is 3.41. The summed E-state index contributed by atoms with van der Waals surface area (Å²) in [6, 6.07) is 10.1. The minimum absolute atomic E-state index is 0.161. The highest BCUT2D eigenvalue weighted by Gasteiger charge is 2.14. The third-order valence-corrected chi connectivity index (χ3v) is 3.65. The number of benzene rings is 1. The van der Waals surface area contributed by atoms with Crippen LogP contribution in [0.4, 0.5) is 5.69 Å². The smallest absolute Gasteiger partial charge is 0.161 e. The maximum absolute atomic E-state index is 5.61. The van der Waals surface area contributed by atoms with E-state index in [0.717, 1.165) is 27.4 Å². The molecule has 0 fully saturated rings. The zero-order valence-electron chi connectivity index (χ0n) is 11.1. The van der Waals surface area contributed by atoms with E-state index in [1.807, 2.05) is 24.3 Å². The second-order valence-corrected chi connectivity index (χ2v) is 5.45. The molecule has 1 aromatic heterocycles. The third-order valence-electron chi connectivity index (χ3n) is 3.18. The number of pyridine rings is 1. The first-order chi connectivity index (χ1) is 9.72. The molecule has 4 nitrogen and oxygen atoms in total. The molecule has 20 heavy (non-hydrogen) atoms. The second kappa shape index (κ2) is 5.71. The normalized spacial score (nSPS) is 14.7. The van der Waals surface area contributed by atoms with E-state index >= 15 is 0 Å². The Labute approximate surface area is 126 Å². The largest absolute Gasteiger partial charge is 0.486 e. The topological polar surface area (TPSA) is 43.4 Å². The van der Waals surface area contributed by atoms with Crippen molar-refractivity contribution >= 4 is 21.6 Å². The van der Waals surface area contributed by atoms with Crippen LogP contribution in [0.3, 0.4) is 0 Å². The van der Waals surface area contributed by atoms with Crippen LogP contribution in [0.1, 0.15) is 18.5 Å². The van der Waals surface area contributed by atoms with Crippen molar-refractivity contribution < 1.29 is 9.47 Å². The number of hydrogen-bond donors (Lipinski definition) is 1. The van der Waals surface area contributed by atoms with Gasteiger partial charge in [0, 0.05) is 6.04 Å². The Balaban J connectivity index is 1.76. The van der Waals surface area contributed by atoms with Crippen LogP contribution in [-0.2, 0) is 0 Å². The Morgan fingerprint density at radius 3 is 2.70 bits per heavy atom. The van der Waals surface area contributed by atoms with E-state index in [2.05, 4.69) is 39.2 Å². The molecule has 0 bridgehead atoms. The van der Waals surface area contributed by atoms with E-state index in [0.29, 0.717) is 13.2 Å². The number of halogens is 1. The van der Waals surface area contributed by atoms with E-state index in [4.69, 9.17) is 9.47 Å². The Bertz CT molecular complexity index is 601. The first kappa shape index (κ1) is 13.2. The molecule has 0 saturated carbocycles. The number of aromatic nitrogens is 1. The van der Waals surface area contributed by atoms with Gasteiger partial charge in [-0.1, -0.05) is 6.07 Å². The summed E-state index contributed by atoms with van der Waals surface area (Å²) in [6.45, 7) is 3.33. The van der Waals surface area contributed by atoms with E-state index in [1.54, 1.807) is 6.20 Å². The van der Waals surface area contributed by atoms with Crippen LogP contribution < -0.4 is 14.8 Å². The predicted molar refractivity (Wildman–Crippen MR) is 81.4 cm³/mol. The van der Waals surface area contributed by atoms with Gasteiger partial charge in [-0.15, -0.1) is 0 Å². The minimum atomic E-state index is 0.161. The van der Waals surface area contributed by atoms with Gasteiger partial charge in [-0.3, -0.25) is 0 Å². The van der Waals surface area contributed by atoms with Crippen LogP contribution in [-0.4, -0.2) is 18.2 Å². The van der Waals surface area contributed by atoms with E-state index in [-0.39, 0.29) is 6.04 Å². The molecule has 1 atom stereocenters. The van der Waals surface area contributed by atoms with Gasteiger partial charge in [-0.25, -0.2) is 4.98 Å². The summed E-state index contributed by atoms with van der Waals surface area (Å²) in [5.74, 6) is 1.63. The van der Waals surface area contributed by atoms with Crippen LogP contribution in [0.5, 0.6) is 11.5 Å². The van der Waals surface area contributed by atoms with Gasteiger partial charge >= 0.3 is 0 Å². The summed E-state index contributed by atoms with van der Waals surface area (Å²) in [6.07, 6.45) is 1.80. The van der Waals surface area contributed by atoms with Crippen molar-refractivity contribution in [2.24, 2.45) is 0 Å². The zero-order chi connectivity index (χ0) is 13.9. The highest BCUT2D eigenvalue weighted by Crippen LogP contribution is 2.33. The molecule has 0 aliphatic carbocycles. The SMILES string of the molecule is CC(Nc1ccc(Br)nc1)c1ccc2c(c1)OCCO2. The molecule has 0 radical (unpaired) electrons. The van der Waals surface area contributed by atoms with Crippen LogP contribution in [0.15, 0.2) is 41.1 Å². The van der Waals surface area contributed by atoms with E-state index < -0.39 is 0 Å². The maximum Gasteiger partial charge on any atom is 0.161 e. The number of anilines is 1. The van der Waals surface area contributed by atoms with Crippen molar-refractivity contribution in [1.82, 2.24) is 4.98 Å². The van der Waals surface area contributed by atoms with Gasteiger partial charge in [0.15, 0.2) is 11.5 Å². The lowest BCUT2D eigenvalue weighted by atomic mass is 10.1. The standard InChI is InChI=1S/C15H15BrN2O2/c1-10(18-12-3-5-15(16)17-9-12)11-2-4-13-14(8-11)20-7-6-19-13/h2-5,8-10,18H,6-7H2,1H3. The fourth-order valence-electron chi connectivity index (χ4n) is 2.12. The Kier molecular flexibility index (Phi) is 3.78. The fourth-order valence-corrected chi connectivity index (χ4v) is 2.36. The molecule has 1 aliphatic heterocycles. The van der Waals surface area contributed by atoms with Crippen molar-refractivity contribution in [2.45, 2.75) is 13.0 Å². The van der Waals surface area contributed by atoms with Crippen molar-refractivity contribution in [3.8, 4) is 11.5 Å². The molecule has 104 valence electrons. The van der Waals surface area contributed by atoms with Crippen molar-refractivity contribution in [1.29, 1.82) is 0 Å². The van der Waals surface area contributed by atoms with Crippen LogP contribution in [0.25, 0.3) is 0 Å². The third kappa shape index (κ3) is 2.88. The molecule has 1 aliphatic rings. The molecule has 0 spiro atoms. The average molecular weight is 335 g/mol. The molecule has 5 heteroatoms. The molecule has 1 N–H and O–H groups in total. The first-order valence-corrected chi connectivity index (χ1v) is 7.29. The predicted octanol–water partition coefficient (Wildman–Crippen LogP) is 3.79. The molecule has 1 unspecified atom stereocenters. The molecule has 0 amide bonds. The summed E-state index contributed by atoms with van der Waals surface area (Å²) in [5.41, 5.74) is 2.13. The highest BCUT2D eigenvalue weighted by atomic mass is 79.9. The number of nitrogens with zero attached hydrogens (tertiary/aromatic N) is 1. The molecular formula is C15H15BrN2O2. The van der Waals surface area contributed by atoms with Crippen LogP contribution in [0.2, 0.25) is 0 Å². The van der Waals surface area contributed by atoms with Crippen LogP contribution >= 0.6 is 15.9 Å². The molecular weight excluding hydrogens is 320 g/mol. The molecule has 2 aromatic rings. The maximum atomic E-state index is 5.61. The minimum Gasteiger partial charge on any atom is -0.486 e. The van der Waals surface area contributed by atoms with Gasteiger partial charge in [0.25, 0.3) is 0 Å². The van der Waals surface area contributed by atoms with Crippen molar-refractivity contribution in [2.75, 3.05) is 18.5 Å². The fraction of sp³-hybridized carbons (Fsp3) is 0.267. The number of ether oxygens (including phenoxy) is 2. The molecule has 0 saturated heterocycles. The van der Waals surface area contributed by atoms with E-state index in [9.17, 15) is 0 Å². The molecule has 1 aromatic carbocycles. The summed E-state index contributed by atoms with van der Waals surface area (Å²) >= 11 is 3.33. The van der Waals surface area contributed by atoms with Gasteiger partial charge in [-0.05, 0) is 52.7 Å². The second-order valence-electron chi connectivity index (χ2n) is 4.64. The van der Waals surface area contributed by atoms with Gasteiger partial charge in [0.05, 0.1) is 11.9 Å². The van der Waals surface area contributed by atoms with Crippen LogP contribution in [0, 0.1) is 0 Å². The first-order valence-electron chi connectivity index (χ1n) is 6.50. The Hall–Kier alpha value is -1.75. The van der Waals surface area contributed by atoms with Crippen molar-refractivity contribution in [3.63, 3.8) is 0 Å². The summed E-state index contributed by atoms with van der Waals surface area (Å²) in [4.78, 5) is 4.21. The van der Waals surface area contributed by atoms with Crippen molar-refractivity contribution in [3.05, 3.63) is 46.7 Å². The van der Waals surface area contributed by atoms with Gasteiger partial charge in [0.2, 0.25) is 0 Å². The molecule has 3 rings (SSSR count). The number of hydrogen-bond acceptors (Lipinski definition) is 4. The number of fused-ring (bicyclic) bond motifs is 1. The quantitative estimate of drug-likeness (QED) is 0.867. The lowest BCUT2D eigenvalue weighted by Crippen LogP contribution is -2.16. The van der Waals surface area contributed by atoms with E-state index in [1.165, 1.54) is 0 Å². The molecule has 2 heterocycles. The zero-order valence-corrected chi connectivity index (χ0v) is 12.7. The lowest BCUT2D eigenvalue weighted by molar-refractivity contribution is 0.171. The monoisotopic (exact) mass is 334 g/mol. The lowest BCUT2D eigenvalue weighted by Gasteiger charge is -2.21. The number of nitrogens with one attached hydrogen (secondary N) is 1. The van der Waals surface area contributed by atoms with Gasteiger partial charge in [-0.2, -0.15) is 0 Å². The average Bonchev–Trinajstić information content (AvgIpc) is 2.49. The Morgan fingerprint density at radius 2 is 1.95 bits per heavy atom. The van der Waals surface area contributed by atoms with Gasteiger partial charge in [0.1, 0.15) is 17.8 Å². The highest BCUT2D eigenvalue weighted by molar-refractivity contribution is 9.10. The Morgan fingerprint density at radius 1 is 1.15 bits per heavy atom. The summed E-state index contributed by atoms with van der Waals surface area (Å²) in [7, 11) is 0. The van der Waals surface area contributed by atoms with Gasteiger partial charge < -0.3 is 14.8 Å². The number of rotatable bonds is 3. The summed E-state index contributed by atoms with van der Waals surface area (Å²) < 4.78 is 12.0.